The molecule has 0 saturated heterocycles. The molecular weight excluding hydrogens is 338 g/mol. The number of amides is 1. The summed E-state index contributed by atoms with van der Waals surface area (Å²) in [6.07, 6.45) is 2.35. The zero-order chi connectivity index (χ0) is 19.7. The van der Waals surface area contributed by atoms with Crippen LogP contribution < -0.4 is 5.32 Å². The van der Waals surface area contributed by atoms with Crippen LogP contribution in [0.5, 0.6) is 0 Å². The van der Waals surface area contributed by atoms with Crippen LogP contribution >= 0.6 is 0 Å². The lowest BCUT2D eigenvalue weighted by atomic mass is 9.88. The lowest BCUT2D eigenvalue weighted by molar-refractivity contribution is 0.0994. The van der Waals surface area contributed by atoms with Crippen LogP contribution in [0, 0.1) is 34.6 Å². The Kier molecular flexibility index (Phi) is 5.22. The van der Waals surface area contributed by atoms with Gasteiger partial charge in [0, 0.05) is 19.0 Å². The average molecular weight is 365 g/mol. The molecule has 0 spiro atoms. The molecule has 0 aliphatic rings. The summed E-state index contributed by atoms with van der Waals surface area (Å²) < 4.78 is 7.58. The van der Waals surface area contributed by atoms with Crippen molar-refractivity contribution >= 4 is 11.7 Å². The van der Waals surface area contributed by atoms with Crippen LogP contribution in [0.25, 0.3) is 0 Å². The fourth-order valence-corrected chi connectivity index (χ4v) is 3.48. The van der Waals surface area contributed by atoms with Crippen LogP contribution in [0.1, 0.15) is 56.6 Å². The van der Waals surface area contributed by atoms with Gasteiger partial charge in [-0.2, -0.15) is 5.10 Å². The molecule has 3 aromatic rings. The average Bonchev–Trinajstić information content (AvgIpc) is 3.31. The third-order valence-corrected chi connectivity index (χ3v) is 5.65. The predicted octanol–water partition coefficient (Wildman–Crippen LogP) is 4.88. The lowest BCUT2D eigenvalue weighted by Gasteiger charge is -2.18. The summed E-state index contributed by atoms with van der Waals surface area (Å²) in [5.74, 6) is 1.50. The molecule has 27 heavy (non-hydrogen) atoms. The Morgan fingerprint density at radius 3 is 2.26 bits per heavy atom. The van der Waals surface area contributed by atoms with Gasteiger partial charge in [0.05, 0.1) is 6.20 Å². The van der Waals surface area contributed by atoms with Gasteiger partial charge in [0.2, 0.25) is 0 Å². The first kappa shape index (κ1) is 19.0. The standard InChI is InChI=1S/C22H27N3O2/c1-7-25-21(10-11-23-25)24-22(26)20-9-8-18(27-20)12-19-16(5)14(3)13(2)15(4)17(19)6/h8-11H,7,12H2,1-6H3,(H,24,26). The van der Waals surface area contributed by atoms with Crippen molar-refractivity contribution < 1.29 is 9.21 Å². The third-order valence-electron chi connectivity index (χ3n) is 5.65. The largest absolute Gasteiger partial charge is 0.456 e. The first-order valence-electron chi connectivity index (χ1n) is 9.31. The van der Waals surface area contributed by atoms with E-state index < -0.39 is 0 Å². The van der Waals surface area contributed by atoms with Gasteiger partial charge >= 0.3 is 0 Å². The number of aryl methyl sites for hydroxylation is 1. The molecule has 1 amide bonds. The minimum absolute atomic E-state index is 0.263. The molecule has 5 heteroatoms. The zero-order valence-electron chi connectivity index (χ0n) is 16.9. The Labute approximate surface area is 160 Å². The van der Waals surface area contributed by atoms with Gasteiger partial charge in [0.15, 0.2) is 5.76 Å². The monoisotopic (exact) mass is 365 g/mol. The van der Waals surface area contributed by atoms with Gasteiger partial charge in [0.1, 0.15) is 11.6 Å². The van der Waals surface area contributed by atoms with E-state index in [-0.39, 0.29) is 5.91 Å². The van der Waals surface area contributed by atoms with E-state index in [9.17, 15) is 4.79 Å². The number of aromatic nitrogens is 2. The number of anilines is 1. The third kappa shape index (κ3) is 3.54. The van der Waals surface area contributed by atoms with Gasteiger partial charge in [0.25, 0.3) is 5.91 Å². The first-order chi connectivity index (χ1) is 12.8. The van der Waals surface area contributed by atoms with Crippen molar-refractivity contribution in [2.75, 3.05) is 5.32 Å². The highest BCUT2D eigenvalue weighted by molar-refractivity contribution is 6.01. The van der Waals surface area contributed by atoms with Crippen LogP contribution in [-0.2, 0) is 13.0 Å². The van der Waals surface area contributed by atoms with Gasteiger partial charge in [-0.1, -0.05) is 0 Å². The second-order valence-corrected chi connectivity index (χ2v) is 7.03. The maximum Gasteiger partial charge on any atom is 0.292 e. The molecular formula is C22H27N3O2. The number of carbonyl (C=O) groups is 1. The van der Waals surface area contributed by atoms with E-state index in [1.165, 1.54) is 33.4 Å². The summed E-state index contributed by atoms with van der Waals surface area (Å²) in [6, 6.07) is 5.39. The SMILES string of the molecule is CCn1nccc1NC(=O)c1ccc(Cc2c(C)c(C)c(C)c(C)c2C)o1. The van der Waals surface area contributed by atoms with E-state index in [1.807, 2.05) is 13.0 Å². The van der Waals surface area contributed by atoms with Gasteiger partial charge in [-0.25, -0.2) is 4.68 Å². The van der Waals surface area contributed by atoms with E-state index in [0.29, 0.717) is 24.5 Å². The van der Waals surface area contributed by atoms with Gasteiger partial charge in [-0.3, -0.25) is 4.79 Å². The number of benzene rings is 1. The second-order valence-electron chi connectivity index (χ2n) is 7.03. The van der Waals surface area contributed by atoms with Crippen LogP contribution in [0.15, 0.2) is 28.8 Å². The molecule has 3 rings (SSSR count). The van der Waals surface area contributed by atoms with Crippen molar-refractivity contribution in [2.45, 2.75) is 54.5 Å². The summed E-state index contributed by atoms with van der Waals surface area (Å²) in [7, 11) is 0. The maximum atomic E-state index is 12.5. The molecule has 2 aromatic heterocycles. The fraction of sp³-hybridized carbons (Fsp3) is 0.364. The van der Waals surface area contributed by atoms with E-state index >= 15 is 0 Å². The summed E-state index contributed by atoms with van der Waals surface area (Å²) in [6.45, 7) is 13.5. The van der Waals surface area contributed by atoms with E-state index in [2.05, 4.69) is 45.0 Å². The molecule has 142 valence electrons. The Balaban J connectivity index is 1.82. The molecule has 0 radical (unpaired) electrons. The number of furan rings is 1. The minimum Gasteiger partial charge on any atom is -0.456 e. The summed E-state index contributed by atoms with van der Waals surface area (Å²) in [4.78, 5) is 12.5. The van der Waals surface area contributed by atoms with Crippen molar-refractivity contribution in [3.05, 3.63) is 69.3 Å². The highest BCUT2D eigenvalue weighted by Crippen LogP contribution is 2.28. The van der Waals surface area contributed by atoms with E-state index in [4.69, 9.17) is 4.42 Å². The fourth-order valence-electron chi connectivity index (χ4n) is 3.48. The van der Waals surface area contributed by atoms with Crippen molar-refractivity contribution in [2.24, 2.45) is 0 Å². The van der Waals surface area contributed by atoms with Crippen LogP contribution in [0.2, 0.25) is 0 Å². The molecule has 0 saturated carbocycles. The molecule has 1 aromatic carbocycles. The molecule has 5 nitrogen and oxygen atoms in total. The minimum atomic E-state index is -0.263. The number of nitrogens with zero attached hydrogens (tertiary/aromatic N) is 2. The van der Waals surface area contributed by atoms with Crippen molar-refractivity contribution in [1.29, 1.82) is 0 Å². The Bertz CT molecular complexity index is 966. The maximum absolute atomic E-state index is 12.5. The van der Waals surface area contributed by atoms with Crippen LogP contribution in [0.4, 0.5) is 5.82 Å². The number of rotatable bonds is 5. The first-order valence-corrected chi connectivity index (χ1v) is 9.31. The smallest absolute Gasteiger partial charge is 0.292 e. The molecule has 0 aliphatic heterocycles. The number of hydrogen-bond donors (Lipinski definition) is 1. The lowest BCUT2D eigenvalue weighted by Crippen LogP contribution is -2.14. The van der Waals surface area contributed by atoms with Crippen molar-refractivity contribution in [1.82, 2.24) is 9.78 Å². The molecule has 0 bridgehead atoms. The van der Waals surface area contributed by atoms with Crippen LogP contribution in [-0.4, -0.2) is 15.7 Å². The molecule has 1 N–H and O–H groups in total. The molecule has 0 aliphatic carbocycles. The normalized spacial score (nSPS) is 11.0. The van der Waals surface area contributed by atoms with Crippen LogP contribution in [0.3, 0.4) is 0 Å². The summed E-state index contributed by atoms with van der Waals surface area (Å²) in [5, 5.41) is 7.01. The predicted molar refractivity (Wildman–Crippen MR) is 107 cm³/mol. The van der Waals surface area contributed by atoms with E-state index in [0.717, 1.165) is 5.76 Å². The summed E-state index contributed by atoms with van der Waals surface area (Å²) >= 11 is 0. The van der Waals surface area contributed by atoms with Crippen molar-refractivity contribution in [3.63, 3.8) is 0 Å². The topological polar surface area (TPSA) is 60.1 Å². The number of nitrogens with one attached hydrogen (secondary N) is 1. The zero-order valence-corrected chi connectivity index (χ0v) is 16.9. The molecule has 0 unspecified atom stereocenters. The summed E-state index contributed by atoms with van der Waals surface area (Å²) in [5.41, 5.74) is 7.87. The Morgan fingerprint density at radius 1 is 1.00 bits per heavy atom. The Hall–Kier alpha value is -2.82. The van der Waals surface area contributed by atoms with Crippen molar-refractivity contribution in [3.8, 4) is 0 Å². The Morgan fingerprint density at radius 2 is 1.63 bits per heavy atom. The van der Waals surface area contributed by atoms with Gasteiger partial charge < -0.3 is 9.73 Å². The second kappa shape index (κ2) is 7.43. The quantitative estimate of drug-likeness (QED) is 0.701. The number of carbonyl (C=O) groups excluding carboxylic acids is 1. The molecule has 0 fully saturated rings. The molecule has 0 atom stereocenters. The van der Waals surface area contributed by atoms with Gasteiger partial charge in [-0.15, -0.1) is 0 Å². The highest BCUT2D eigenvalue weighted by Gasteiger charge is 2.17. The number of hydrogen-bond acceptors (Lipinski definition) is 3. The highest BCUT2D eigenvalue weighted by atomic mass is 16.3. The van der Waals surface area contributed by atoms with E-state index in [1.54, 1.807) is 23.0 Å². The molecule has 2 heterocycles. The van der Waals surface area contributed by atoms with Gasteiger partial charge in [-0.05, 0) is 87.1 Å².